The zero-order valence-corrected chi connectivity index (χ0v) is 24.5. The molecule has 0 aliphatic heterocycles. The number of aromatic hydroxyl groups is 2. The van der Waals surface area contributed by atoms with Gasteiger partial charge in [-0.2, -0.15) is 0 Å². The van der Waals surface area contributed by atoms with Crippen LogP contribution in [0.1, 0.15) is 41.5 Å². The van der Waals surface area contributed by atoms with Crippen molar-refractivity contribution in [3.05, 3.63) is 58.7 Å². The van der Waals surface area contributed by atoms with Crippen LogP contribution in [0.3, 0.4) is 0 Å². The molecule has 0 unspecified atom stereocenters. The summed E-state index contributed by atoms with van der Waals surface area (Å²) in [5.41, 5.74) is 0.960. The van der Waals surface area contributed by atoms with Gasteiger partial charge in [0, 0.05) is 35.3 Å². The Bertz CT molecular complexity index is 1100. The predicted octanol–water partition coefficient (Wildman–Crippen LogP) is 1.72. The first-order chi connectivity index (χ1) is 18.6. The van der Waals surface area contributed by atoms with Crippen LogP contribution in [0.2, 0.25) is 0 Å². The quantitative estimate of drug-likeness (QED) is 0.0736. The van der Waals surface area contributed by atoms with E-state index in [-0.39, 0.29) is 53.3 Å². The Hall–Kier alpha value is -1.86. The number of nitrogens with zero attached hydrogens (tertiary/aromatic N) is 3. The minimum atomic E-state index is -4.71. The number of aliphatic hydroxyl groups is 2. The standard InChI is InChI=1S/C25H41N3O10P2/c1-26(2)12-4-3-11-23(27(17-39(33,34)35)13-19-7-5-9-21(15-29)24(19)31)28(18-40(36,37)38)14-20-8-6-10-22(16-30)25(20)32/h5-10,23,29-32H,3-4,11-18H2,1-2H3,(H2,33,34,35)(H2,36,37,38). The monoisotopic (exact) mass is 605 g/mol. The minimum Gasteiger partial charge on any atom is -0.507 e. The zero-order chi connectivity index (χ0) is 30.1. The van der Waals surface area contributed by atoms with Crippen LogP contribution in [0.25, 0.3) is 0 Å². The van der Waals surface area contributed by atoms with Crippen molar-refractivity contribution >= 4 is 15.2 Å². The molecule has 2 rings (SSSR count). The summed E-state index contributed by atoms with van der Waals surface area (Å²) in [5, 5.41) is 40.5. The van der Waals surface area contributed by atoms with Crippen LogP contribution in [0.15, 0.2) is 36.4 Å². The van der Waals surface area contributed by atoms with Crippen molar-refractivity contribution < 1.29 is 49.1 Å². The lowest BCUT2D eigenvalue weighted by molar-refractivity contribution is 0.0390. The van der Waals surface area contributed by atoms with Crippen LogP contribution in [0, 0.1) is 0 Å². The number of unbranched alkanes of at least 4 members (excludes halogenated alkanes) is 1. The van der Waals surface area contributed by atoms with Gasteiger partial charge in [-0.1, -0.05) is 36.4 Å². The normalized spacial score (nSPS) is 12.8. The summed E-state index contributed by atoms with van der Waals surface area (Å²) in [5.74, 6) is -0.496. The number of rotatable bonds is 17. The fourth-order valence-corrected chi connectivity index (χ4v) is 6.08. The molecule has 0 aliphatic rings. The summed E-state index contributed by atoms with van der Waals surface area (Å²) in [6.45, 7) is -0.622. The van der Waals surface area contributed by atoms with Crippen molar-refractivity contribution in [1.29, 1.82) is 0 Å². The summed E-state index contributed by atoms with van der Waals surface area (Å²) in [6.07, 6.45) is -1.05. The maximum atomic E-state index is 12.3. The molecule has 0 bridgehead atoms. The fraction of sp³-hybridized carbons (Fsp3) is 0.520. The van der Waals surface area contributed by atoms with Crippen molar-refractivity contribution in [3.63, 3.8) is 0 Å². The van der Waals surface area contributed by atoms with E-state index in [2.05, 4.69) is 0 Å². The number of para-hydroxylation sites is 2. The molecular formula is C25H41N3O10P2. The van der Waals surface area contributed by atoms with E-state index in [0.717, 1.165) is 0 Å². The van der Waals surface area contributed by atoms with E-state index in [9.17, 15) is 49.1 Å². The largest absolute Gasteiger partial charge is 0.507 e. The Labute approximate surface area is 234 Å². The molecule has 0 aromatic heterocycles. The lowest BCUT2D eigenvalue weighted by Gasteiger charge is -2.40. The summed E-state index contributed by atoms with van der Waals surface area (Å²) >= 11 is 0. The average Bonchev–Trinajstić information content (AvgIpc) is 2.84. The molecular weight excluding hydrogens is 564 g/mol. The van der Waals surface area contributed by atoms with Crippen molar-refractivity contribution in [3.8, 4) is 11.5 Å². The molecule has 0 aliphatic carbocycles. The van der Waals surface area contributed by atoms with E-state index in [0.29, 0.717) is 19.4 Å². The van der Waals surface area contributed by atoms with Gasteiger partial charge in [0.1, 0.15) is 24.1 Å². The van der Waals surface area contributed by atoms with E-state index in [1.165, 1.54) is 34.1 Å². The third-order valence-corrected chi connectivity index (χ3v) is 7.85. The summed E-state index contributed by atoms with van der Waals surface area (Å²) in [7, 11) is -5.64. The molecule has 0 amide bonds. The highest BCUT2D eigenvalue weighted by Crippen LogP contribution is 2.42. The fourth-order valence-electron chi connectivity index (χ4n) is 4.56. The molecule has 0 fully saturated rings. The van der Waals surface area contributed by atoms with Crippen LogP contribution in [0.5, 0.6) is 11.5 Å². The van der Waals surface area contributed by atoms with Gasteiger partial charge in [-0.05, 0) is 39.9 Å². The highest BCUT2D eigenvalue weighted by atomic mass is 31.2. The smallest absolute Gasteiger partial charge is 0.339 e. The molecule has 0 spiro atoms. The van der Waals surface area contributed by atoms with Gasteiger partial charge in [0.05, 0.1) is 19.4 Å². The Morgan fingerprint density at radius 2 is 1.10 bits per heavy atom. The first-order valence-electron chi connectivity index (χ1n) is 12.7. The molecule has 2 aromatic rings. The minimum absolute atomic E-state index is 0.205. The molecule has 0 atom stereocenters. The first-order valence-corrected chi connectivity index (χ1v) is 16.3. The van der Waals surface area contributed by atoms with Gasteiger partial charge in [0.2, 0.25) is 0 Å². The number of phenols is 2. The van der Waals surface area contributed by atoms with Gasteiger partial charge in [-0.3, -0.25) is 18.9 Å². The maximum Gasteiger partial charge on any atom is 0.339 e. The number of hydrogen-bond donors (Lipinski definition) is 8. The molecule has 226 valence electrons. The van der Waals surface area contributed by atoms with Crippen LogP contribution in [0.4, 0.5) is 0 Å². The highest BCUT2D eigenvalue weighted by molar-refractivity contribution is 7.51. The van der Waals surface area contributed by atoms with Gasteiger partial charge in [-0.25, -0.2) is 0 Å². The van der Waals surface area contributed by atoms with E-state index < -0.39 is 47.1 Å². The Morgan fingerprint density at radius 1 is 0.700 bits per heavy atom. The van der Waals surface area contributed by atoms with Crippen molar-refractivity contribution in [1.82, 2.24) is 14.7 Å². The molecule has 40 heavy (non-hydrogen) atoms. The van der Waals surface area contributed by atoms with E-state index in [4.69, 9.17) is 0 Å². The lowest BCUT2D eigenvalue weighted by atomic mass is 10.1. The molecule has 0 heterocycles. The second kappa shape index (κ2) is 15.4. The van der Waals surface area contributed by atoms with Gasteiger partial charge in [0.25, 0.3) is 0 Å². The number of benzene rings is 2. The maximum absolute atomic E-state index is 12.3. The van der Waals surface area contributed by atoms with Gasteiger partial charge in [0.15, 0.2) is 0 Å². The zero-order valence-electron chi connectivity index (χ0n) is 22.7. The van der Waals surface area contributed by atoms with Crippen LogP contribution < -0.4 is 0 Å². The first kappa shape index (κ1) is 34.3. The van der Waals surface area contributed by atoms with Crippen LogP contribution in [-0.4, -0.2) is 94.1 Å². The molecule has 0 saturated heterocycles. The third kappa shape index (κ3) is 11.2. The second-order valence-corrected chi connectivity index (χ2v) is 13.3. The summed E-state index contributed by atoms with van der Waals surface area (Å²) in [4.78, 5) is 44.5. The Balaban J connectivity index is 2.61. The topological polar surface area (TPSA) is 206 Å². The number of hydrogen-bond acceptors (Lipinski definition) is 9. The van der Waals surface area contributed by atoms with Crippen LogP contribution >= 0.6 is 15.2 Å². The molecule has 0 radical (unpaired) electrons. The summed E-state index contributed by atoms with van der Waals surface area (Å²) in [6, 6.07) is 9.23. The third-order valence-electron chi connectivity index (χ3n) is 6.39. The SMILES string of the molecule is CN(C)CCCCC(N(Cc1cccc(CO)c1O)CP(=O)(O)O)N(Cc1cccc(CO)c1O)CP(=O)(O)O. The molecule has 0 saturated carbocycles. The van der Waals surface area contributed by atoms with Crippen molar-refractivity contribution in [2.24, 2.45) is 0 Å². The average molecular weight is 606 g/mol. The molecule has 8 N–H and O–H groups in total. The second-order valence-electron chi connectivity index (χ2n) is 10.1. The molecule has 13 nitrogen and oxygen atoms in total. The number of aliphatic hydroxyl groups excluding tert-OH is 2. The Morgan fingerprint density at radius 3 is 1.45 bits per heavy atom. The lowest BCUT2D eigenvalue weighted by Crippen LogP contribution is -2.48. The van der Waals surface area contributed by atoms with Gasteiger partial charge >= 0.3 is 15.2 Å². The van der Waals surface area contributed by atoms with Gasteiger partial charge < -0.3 is 44.9 Å². The van der Waals surface area contributed by atoms with Gasteiger partial charge in [-0.15, -0.1) is 0 Å². The molecule has 2 aromatic carbocycles. The van der Waals surface area contributed by atoms with Crippen LogP contribution in [-0.2, 0) is 35.4 Å². The summed E-state index contributed by atoms with van der Waals surface area (Å²) < 4.78 is 24.5. The van der Waals surface area contributed by atoms with Crippen molar-refractivity contribution in [2.75, 3.05) is 33.2 Å². The van der Waals surface area contributed by atoms with Crippen molar-refractivity contribution in [2.45, 2.75) is 51.7 Å². The predicted molar refractivity (Wildman–Crippen MR) is 149 cm³/mol. The Kier molecular flexibility index (Phi) is 13.2. The van der Waals surface area contributed by atoms with E-state index in [1.54, 1.807) is 12.1 Å². The molecule has 15 heteroatoms. The van der Waals surface area contributed by atoms with E-state index >= 15 is 0 Å². The van der Waals surface area contributed by atoms with E-state index in [1.807, 2.05) is 19.0 Å². The highest BCUT2D eigenvalue weighted by Gasteiger charge is 2.34.